The van der Waals surface area contributed by atoms with Gasteiger partial charge in [-0.2, -0.15) is 0 Å². The van der Waals surface area contributed by atoms with Crippen molar-refractivity contribution in [3.05, 3.63) is 70.5 Å². The highest BCUT2D eigenvalue weighted by molar-refractivity contribution is 5.35. The van der Waals surface area contributed by atoms with Crippen LogP contribution in [0.3, 0.4) is 0 Å². The molecule has 2 nitrogen and oxygen atoms in total. The lowest BCUT2D eigenvalue weighted by atomic mass is 10.1. The molecule has 0 radical (unpaired) electrons. The number of aryl methyl sites for hydroxylation is 1. The van der Waals surface area contributed by atoms with E-state index in [1.807, 2.05) is 30.3 Å². The quantitative estimate of drug-likeness (QED) is 0.895. The van der Waals surface area contributed by atoms with Crippen molar-refractivity contribution >= 4 is 0 Å². The fraction of sp³-hybridized carbons (Fsp3) is 0.294. The van der Waals surface area contributed by atoms with Crippen LogP contribution in [0.2, 0.25) is 0 Å². The number of halogens is 1. The first-order valence-electron chi connectivity index (χ1n) is 6.96. The molecule has 20 heavy (non-hydrogen) atoms. The summed E-state index contributed by atoms with van der Waals surface area (Å²) in [5.41, 5.74) is 4.42. The minimum absolute atomic E-state index is 0.0688. The number of rotatable bonds is 4. The van der Waals surface area contributed by atoms with Crippen LogP contribution < -0.4 is 5.32 Å². The van der Waals surface area contributed by atoms with E-state index in [0.717, 1.165) is 36.1 Å². The topological polar surface area (TPSA) is 32.3 Å². The van der Waals surface area contributed by atoms with Gasteiger partial charge in [0.05, 0.1) is 6.61 Å². The highest BCUT2D eigenvalue weighted by Crippen LogP contribution is 2.31. The lowest BCUT2D eigenvalue weighted by Crippen LogP contribution is -2.18. The first-order valence-corrected chi connectivity index (χ1v) is 6.96. The molecule has 1 aliphatic carbocycles. The molecule has 0 bridgehead atoms. The van der Waals surface area contributed by atoms with Gasteiger partial charge in [-0.1, -0.05) is 30.3 Å². The normalized spacial score (nSPS) is 17.2. The van der Waals surface area contributed by atoms with Gasteiger partial charge in [0.25, 0.3) is 0 Å². The zero-order valence-electron chi connectivity index (χ0n) is 11.3. The van der Waals surface area contributed by atoms with Crippen LogP contribution in [0.25, 0.3) is 0 Å². The third-order valence-electron chi connectivity index (χ3n) is 3.91. The summed E-state index contributed by atoms with van der Waals surface area (Å²) in [5.74, 6) is -0.153. The molecule has 1 unspecified atom stereocenters. The Morgan fingerprint density at radius 1 is 1.15 bits per heavy atom. The van der Waals surface area contributed by atoms with Crippen molar-refractivity contribution in [2.75, 3.05) is 0 Å². The largest absolute Gasteiger partial charge is 0.392 e. The predicted octanol–water partition coefficient (Wildman–Crippen LogP) is 3.10. The van der Waals surface area contributed by atoms with Gasteiger partial charge in [-0.3, -0.25) is 0 Å². The molecule has 0 saturated heterocycles. The molecule has 0 aromatic heterocycles. The Balaban J connectivity index is 1.68. The van der Waals surface area contributed by atoms with Crippen molar-refractivity contribution in [3.63, 3.8) is 0 Å². The van der Waals surface area contributed by atoms with Gasteiger partial charge in [0.1, 0.15) is 5.82 Å². The lowest BCUT2D eigenvalue weighted by Gasteiger charge is -2.14. The summed E-state index contributed by atoms with van der Waals surface area (Å²) in [6, 6.07) is 13.3. The van der Waals surface area contributed by atoms with Gasteiger partial charge in [-0.25, -0.2) is 4.39 Å². The molecule has 104 valence electrons. The maximum atomic E-state index is 13.2. The Kier molecular flexibility index (Phi) is 3.81. The molecule has 3 heteroatoms. The molecular formula is C17H18FNO. The number of nitrogens with one attached hydrogen (secondary N) is 1. The van der Waals surface area contributed by atoms with Crippen LogP contribution in [0.4, 0.5) is 4.39 Å². The lowest BCUT2D eigenvalue weighted by molar-refractivity contribution is 0.281. The zero-order valence-corrected chi connectivity index (χ0v) is 11.3. The highest BCUT2D eigenvalue weighted by Gasteiger charge is 2.22. The number of hydrogen-bond acceptors (Lipinski definition) is 2. The van der Waals surface area contributed by atoms with E-state index in [0.29, 0.717) is 6.04 Å². The van der Waals surface area contributed by atoms with E-state index in [1.165, 1.54) is 11.6 Å². The number of aliphatic hydroxyl groups is 1. The molecule has 0 fully saturated rings. The maximum absolute atomic E-state index is 13.2. The van der Waals surface area contributed by atoms with E-state index < -0.39 is 0 Å². The van der Waals surface area contributed by atoms with E-state index in [-0.39, 0.29) is 12.4 Å². The summed E-state index contributed by atoms with van der Waals surface area (Å²) < 4.78 is 13.2. The Labute approximate surface area is 118 Å². The molecule has 0 spiro atoms. The molecule has 0 aliphatic heterocycles. The van der Waals surface area contributed by atoms with E-state index in [1.54, 1.807) is 6.07 Å². The summed E-state index contributed by atoms with van der Waals surface area (Å²) in [6.07, 6.45) is 1.94. The summed E-state index contributed by atoms with van der Waals surface area (Å²) >= 11 is 0. The van der Waals surface area contributed by atoms with Crippen molar-refractivity contribution < 1.29 is 9.50 Å². The van der Waals surface area contributed by atoms with Crippen molar-refractivity contribution in [2.24, 2.45) is 0 Å². The molecule has 0 saturated carbocycles. The third-order valence-corrected chi connectivity index (χ3v) is 3.91. The first-order chi connectivity index (χ1) is 9.76. The third kappa shape index (κ3) is 2.74. The molecule has 2 N–H and O–H groups in total. The van der Waals surface area contributed by atoms with Gasteiger partial charge < -0.3 is 10.4 Å². The fourth-order valence-corrected chi connectivity index (χ4v) is 2.88. The van der Waals surface area contributed by atoms with Crippen LogP contribution in [0.1, 0.15) is 34.7 Å². The van der Waals surface area contributed by atoms with E-state index >= 15 is 0 Å². The minimum atomic E-state index is -0.153. The average Bonchev–Trinajstić information content (AvgIpc) is 2.87. The van der Waals surface area contributed by atoms with Crippen LogP contribution in [0, 0.1) is 5.82 Å². The molecule has 2 aromatic rings. The number of fused-ring (bicyclic) bond motifs is 1. The summed E-state index contributed by atoms with van der Waals surface area (Å²) in [5, 5.41) is 12.7. The summed E-state index contributed by atoms with van der Waals surface area (Å²) in [4.78, 5) is 0. The van der Waals surface area contributed by atoms with Gasteiger partial charge in [-0.15, -0.1) is 0 Å². The Morgan fingerprint density at radius 2 is 2.00 bits per heavy atom. The number of hydrogen-bond donors (Lipinski definition) is 2. The molecule has 1 atom stereocenters. The Bertz CT molecular complexity index is 612. The molecule has 0 amide bonds. The molecular weight excluding hydrogens is 253 g/mol. The van der Waals surface area contributed by atoms with Crippen molar-refractivity contribution in [1.29, 1.82) is 0 Å². The standard InChI is InChI=1S/C17H18FNO/c18-15-5-6-16-14(9-15)4-7-17(16)19-10-12-2-1-3-13(8-12)11-20/h1-3,5-6,8-9,17,19-20H,4,7,10-11H2. The highest BCUT2D eigenvalue weighted by atomic mass is 19.1. The zero-order chi connectivity index (χ0) is 13.9. The fourth-order valence-electron chi connectivity index (χ4n) is 2.88. The van der Waals surface area contributed by atoms with Gasteiger partial charge in [0.2, 0.25) is 0 Å². The van der Waals surface area contributed by atoms with Gasteiger partial charge in [-0.05, 0) is 47.2 Å². The minimum Gasteiger partial charge on any atom is -0.392 e. The van der Waals surface area contributed by atoms with Crippen LogP contribution in [0.15, 0.2) is 42.5 Å². The second-order valence-electron chi connectivity index (χ2n) is 5.29. The van der Waals surface area contributed by atoms with Crippen LogP contribution in [-0.4, -0.2) is 5.11 Å². The molecule has 0 heterocycles. The molecule has 1 aliphatic rings. The predicted molar refractivity (Wildman–Crippen MR) is 76.7 cm³/mol. The van der Waals surface area contributed by atoms with Crippen molar-refractivity contribution in [3.8, 4) is 0 Å². The van der Waals surface area contributed by atoms with Gasteiger partial charge >= 0.3 is 0 Å². The SMILES string of the molecule is OCc1cccc(CNC2CCc3cc(F)ccc32)c1. The maximum Gasteiger partial charge on any atom is 0.123 e. The number of benzene rings is 2. The van der Waals surface area contributed by atoms with E-state index in [4.69, 9.17) is 5.11 Å². The molecule has 3 rings (SSSR count). The van der Waals surface area contributed by atoms with Gasteiger partial charge in [0.15, 0.2) is 0 Å². The Morgan fingerprint density at radius 3 is 2.85 bits per heavy atom. The second kappa shape index (κ2) is 5.73. The van der Waals surface area contributed by atoms with Crippen LogP contribution in [0.5, 0.6) is 0 Å². The van der Waals surface area contributed by atoms with E-state index in [2.05, 4.69) is 5.32 Å². The summed E-state index contributed by atoms with van der Waals surface area (Å²) in [6.45, 7) is 0.828. The van der Waals surface area contributed by atoms with E-state index in [9.17, 15) is 4.39 Å². The van der Waals surface area contributed by atoms with Crippen LogP contribution in [-0.2, 0) is 19.6 Å². The number of aliphatic hydroxyl groups excluding tert-OH is 1. The monoisotopic (exact) mass is 271 g/mol. The smallest absolute Gasteiger partial charge is 0.123 e. The second-order valence-corrected chi connectivity index (χ2v) is 5.29. The summed E-state index contributed by atoms with van der Waals surface area (Å²) in [7, 11) is 0. The van der Waals surface area contributed by atoms with Crippen molar-refractivity contribution in [1.82, 2.24) is 5.32 Å². The van der Waals surface area contributed by atoms with Crippen LogP contribution >= 0.6 is 0 Å². The Hall–Kier alpha value is -1.71. The van der Waals surface area contributed by atoms with Gasteiger partial charge in [0, 0.05) is 12.6 Å². The van der Waals surface area contributed by atoms with Crippen molar-refractivity contribution in [2.45, 2.75) is 32.0 Å². The first kappa shape index (κ1) is 13.3. The molecule has 2 aromatic carbocycles. The average molecular weight is 271 g/mol.